The summed E-state index contributed by atoms with van der Waals surface area (Å²) in [5.74, 6) is 0.464. The standard InChI is InChI=1S/C14H19BrClN3O/c1-9-4-5-19(7-12(9)17)8-14(20)18-13-3-2-10(15)6-11(13)16/h2-3,6,9,12H,4-5,7-8,17H2,1H3,(H,18,20). The predicted octanol–water partition coefficient (Wildman–Crippen LogP) is 2.71. The fraction of sp³-hybridized carbons (Fsp3) is 0.500. The number of hydrogen-bond donors (Lipinski definition) is 2. The number of anilines is 1. The molecule has 1 saturated heterocycles. The van der Waals surface area contributed by atoms with Gasteiger partial charge in [-0.15, -0.1) is 0 Å². The Morgan fingerprint density at radius 3 is 3.00 bits per heavy atom. The number of nitrogens with two attached hydrogens (primary N) is 1. The van der Waals surface area contributed by atoms with Gasteiger partial charge in [-0.25, -0.2) is 0 Å². The van der Waals surface area contributed by atoms with Crippen molar-refractivity contribution in [3.8, 4) is 0 Å². The van der Waals surface area contributed by atoms with Gasteiger partial charge in [-0.3, -0.25) is 9.69 Å². The zero-order valence-corrected chi connectivity index (χ0v) is 13.7. The van der Waals surface area contributed by atoms with Crippen molar-refractivity contribution >= 4 is 39.1 Å². The van der Waals surface area contributed by atoms with Crippen molar-refractivity contribution in [2.75, 3.05) is 25.0 Å². The molecule has 0 saturated carbocycles. The number of benzene rings is 1. The first-order chi connectivity index (χ1) is 9.45. The minimum Gasteiger partial charge on any atom is -0.326 e. The highest BCUT2D eigenvalue weighted by Crippen LogP contribution is 2.25. The van der Waals surface area contributed by atoms with Crippen molar-refractivity contribution in [1.82, 2.24) is 4.90 Å². The molecule has 1 fully saturated rings. The average molecular weight is 361 g/mol. The van der Waals surface area contributed by atoms with E-state index in [2.05, 4.69) is 33.1 Å². The molecule has 0 bridgehead atoms. The number of nitrogens with zero attached hydrogens (tertiary/aromatic N) is 1. The van der Waals surface area contributed by atoms with Gasteiger partial charge in [0.1, 0.15) is 0 Å². The number of hydrogen-bond acceptors (Lipinski definition) is 3. The van der Waals surface area contributed by atoms with E-state index >= 15 is 0 Å². The van der Waals surface area contributed by atoms with Crippen molar-refractivity contribution in [2.45, 2.75) is 19.4 Å². The molecule has 20 heavy (non-hydrogen) atoms. The maximum Gasteiger partial charge on any atom is 0.238 e. The van der Waals surface area contributed by atoms with Gasteiger partial charge in [-0.2, -0.15) is 0 Å². The molecule has 6 heteroatoms. The molecule has 1 heterocycles. The second kappa shape index (κ2) is 6.89. The number of halogens is 2. The van der Waals surface area contributed by atoms with Crippen LogP contribution in [-0.2, 0) is 4.79 Å². The molecule has 1 aromatic rings. The number of carbonyl (C=O) groups is 1. The van der Waals surface area contributed by atoms with E-state index in [4.69, 9.17) is 17.3 Å². The smallest absolute Gasteiger partial charge is 0.238 e. The van der Waals surface area contributed by atoms with E-state index in [1.165, 1.54) is 0 Å². The number of rotatable bonds is 3. The van der Waals surface area contributed by atoms with Gasteiger partial charge in [0.15, 0.2) is 0 Å². The summed E-state index contributed by atoms with van der Waals surface area (Å²) < 4.78 is 0.886. The third-order valence-corrected chi connectivity index (χ3v) is 4.48. The Morgan fingerprint density at radius 2 is 2.35 bits per heavy atom. The molecule has 0 aliphatic carbocycles. The summed E-state index contributed by atoms with van der Waals surface area (Å²) in [6.07, 6.45) is 1.04. The quantitative estimate of drug-likeness (QED) is 0.871. The minimum atomic E-state index is -0.0593. The zero-order valence-electron chi connectivity index (χ0n) is 11.4. The summed E-state index contributed by atoms with van der Waals surface area (Å²) >= 11 is 9.42. The van der Waals surface area contributed by atoms with Crippen LogP contribution in [0.1, 0.15) is 13.3 Å². The molecule has 3 N–H and O–H groups in total. The maximum atomic E-state index is 12.0. The molecule has 1 aromatic carbocycles. The summed E-state index contributed by atoms with van der Waals surface area (Å²) in [5.41, 5.74) is 6.67. The summed E-state index contributed by atoms with van der Waals surface area (Å²) in [6, 6.07) is 5.54. The fourth-order valence-corrected chi connectivity index (χ4v) is 3.02. The van der Waals surface area contributed by atoms with Crippen LogP contribution in [0.2, 0.25) is 5.02 Å². The van der Waals surface area contributed by atoms with E-state index in [1.54, 1.807) is 12.1 Å². The van der Waals surface area contributed by atoms with Crippen molar-refractivity contribution in [3.05, 3.63) is 27.7 Å². The SMILES string of the molecule is CC1CCN(CC(=O)Nc2ccc(Br)cc2Cl)CC1N. The number of piperidine rings is 1. The second-order valence-corrected chi connectivity index (χ2v) is 6.66. The number of likely N-dealkylation sites (tertiary alicyclic amines) is 1. The van der Waals surface area contributed by atoms with E-state index in [9.17, 15) is 4.79 Å². The van der Waals surface area contributed by atoms with Gasteiger partial charge in [0.25, 0.3) is 0 Å². The first-order valence-corrected chi connectivity index (χ1v) is 7.85. The predicted molar refractivity (Wildman–Crippen MR) is 86.0 cm³/mol. The lowest BCUT2D eigenvalue weighted by Crippen LogP contribution is -2.49. The van der Waals surface area contributed by atoms with Gasteiger partial charge in [-0.1, -0.05) is 34.5 Å². The fourth-order valence-electron chi connectivity index (χ4n) is 2.30. The van der Waals surface area contributed by atoms with Crippen molar-refractivity contribution < 1.29 is 4.79 Å². The van der Waals surface area contributed by atoms with Crippen LogP contribution in [0.15, 0.2) is 22.7 Å². The van der Waals surface area contributed by atoms with E-state index in [0.29, 0.717) is 23.2 Å². The topological polar surface area (TPSA) is 58.4 Å². The summed E-state index contributed by atoms with van der Waals surface area (Å²) in [4.78, 5) is 14.1. The molecule has 0 spiro atoms. The molecule has 0 radical (unpaired) electrons. The van der Waals surface area contributed by atoms with Crippen LogP contribution in [0.4, 0.5) is 5.69 Å². The highest BCUT2D eigenvalue weighted by Gasteiger charge is 2.24. The monoisotopic (exact) mass is 359 g/mol. The minimum absolute atomic E-state index is 0.0593. The summed E-state index contributed by atoms with van der Waals surface area (Å²) in [7, 11) is 0. The van der Waals surface area contributed by atoms with Crippen LogP contribution in [0.3, 0.4) is 0 Å². The third-order valence-electron chi connectivity index (χ3n) is 3.67. The highest BCUT2D eigenvalue weighted by atomic mass is 79.9. The molecule has 2 rings (SSSR count). The zero-order chi connectivity index (χ0) is 14.7. The molecule has 4 nitrogen and oxygen atoms in total. The van der Waals surface area contributed by atoms with E-state index < -0.39 is 0 Å². The molecule has 2 atom stereocenters. The van der Waals surface area contributed by atoms with Gasteiger partial charge in [-0.05, 0) is 37.1 Å². The molecule has 0 aromatic heterocycles. The Balaban J connectivity index is 1.89. The van der Waals surface area contributed by atoms with Crippen LogP contribution in [0.5, 0.6) is 0 Å². The Morgan fingerprint density at radius 1 is 1.60 bits per heavy atom. The lowest BCUT2D eigenvalue weighted by atomic mass is 9.94. The molecule has 2 unspecified atom stereocenters. The van der Waals surface area contributed by atoms with Crippen LogP contribution in [0.25, 0.3) is 0 Å². The highest BCUT2D eigenvalue weighted by molar-refractivity contribution is 9.10. The van der Waals surface area contributed by atoms with Gasteiger partial charge >= 0.3 is 0 Å². The molecule has 1 aliphatic heterocycles. The summed E-state index contributed by atoms with van der Waals surface area (Å²) in [6.45, 7) is 4.19. The van der Waals surface area contributed by atoms with Crippen LogP contribution in [-0.4, -0.2) is 36.5 Å². The molecular formula is C14H19BrClN3O. The van der Waals surface area contributed by atoms with Gasteiger partial charge in [0, 0.05) is 17.1 Å². The van der Waals surface area contributed by atoms with Crippen LogP contribution in [0, 0.1) is 5.92 Å². The maximum absolute atomic E-state index is 12.0. The molecular weight excluding hydrogens is 342 g/mol. The van der Waals surface area contributed by atoms with Gasteiger partial charge < -0.3 is 11.1 Å². The number of carbonyl (C=O) groups excluding carboxylic acids is 1. The molecule has 1 amide bonds. The van der Waals surface area contributed by atoms with Crippen molar-refractivity contribution in [3.63, 3.8) is 0 Å². The summed E-state index contributed by atoms with van der Waals surface area (Å²) in [5, 5.41) is 3.36. The lowest BCUT2D eigenvalue weighted by molar-refractivity contribution is -0.117. The van der Waals surface area contributed by atoms with E-state index in [0.717, 1.165) is 24.0 Å². The lowest BCUT2D eigenvalue weighted by Gasteiger charge is -2.34. The average Bonchev–Trinajstić information content (AvgIpc) is 2.37. The van der Waals surface area contributed by atoms with Crippen molar-refractivity contribution in [2.24, 2.45) is 11.7 Å². The molecule has 110 valence electrons. The number of amides is 1. The Kier molecular flexibility index (Phi) is 5.43. The molecule has 1 aliphatic rings. The van der Waals surface area contributed by atoms with Gasteiger partial charge in [0.2, 0.25) is 5.91 Å². The second-order valence-electron chi connectivity index (χ2n) is 5.34. The van der Waals surface area contributed by atoms with E-state index in [-0.39, 0.29) is 11.9 Å². The normalized spacial score (nSPS) is 23.6. The Hall–Kier alpha value is -0.620. The third kappa shape index (κ3) is 4.19. The van der Waals surface area contributed by atoms with Crippen molar-refractivity contribution in [1.29, 1.82) is 0 Å². The van der Waals surface area contributed by atoms with Crippen LogP contribution >= 0.6 is 27.5 Å². The Bertz CT molecular complexity index is 497. The first-order valence-electron chi connectivity index (χ1n) is 6.68. The first kappa shape index (κ1) is 15.8. The van der Waals surface area contributed by atoms with Crippen LogP contribution < -0.4 is 11.1 Å². The Labute approximate surface area is 132 Å². The number of nitrogens with one attached hydrogen (secondary N) is 1. The largest absolute Gasteiger partial charge is 0.326 e. The van der Waals surface area contributed by atoms with Gasteiger partial charge in [0.05, 0.1) is 17.3 Å². The van der Waals surface area contributed by atoms with E-state index in [1.807, 2.05) is 6.07 Å².